The number of nitrogens with zero attached hydrogens (tertiary/aromatic N) is 2. The molecule has 1 aromatic heterocycles. The average Bonchev–Trinajstić information content (AvgIpc) is 2.93. The van der Waals surface area contributed by atoms with E-state index in [0.29, 0.717) is 17.4 Å². The van der Waals surface area contributed by atoms with Crippen LogP contribution in [0.2, 0.25) is 0 Å². The van der Waals surface area contributed by atoms with Gasteiger partial charge in [-0.15, -0.1) is 0 Å². The van der Waals surface area contributed by atoms with Crippen molar-refractivity contribution in [1.82, 2.24) is 9.29 Å². The molecule has 1 aliphatic rings. The van der Waals surface area contributed by atoms with Crippen LogP contribution in [0.4, 0.5) is 0 Å². The molecule has 2 aromatic rings. The summed E-state index contributed by atoms with van der Waals surface area (Å²) in [4.78, 5) is 4.59. The van der Waals surface area contributed by atoms with Gasteiger partial charge < -0.3 is 5.11 Å². The van der Waals surface area contributed by atoms with E-state index < -0.39 is 16.1 Å². The first-order valence-electron chi connectivity index (χ1n) is 7.90. The fourth-order valence-electron chi connectivity index (χ4n) is 3.34. The molecule has 3 rings (SSSR count). The van der Waals surface area contributed by atoms with Gasteiger partial charge in [0.1, 0.15) is 0 Å². The second-order valence-corrected chi connectivity index (χ2v) is 8.34. The first-order valence-corrected chi connectivity index (χ1v) is 9.34. The van der Waals surface area contributed by atoms with Gasteiger partial charge in [-0.2, -0.15) is 0 Å². The number of pyridine rings is 1. The molecule has 1 fully saturated rings. The molecule has 0 radical (unpaired) electrons. The lowest BCUT2D eigenvalue weighted by Gasteiger charge is -2.23. The lowest BCUT2D eigenvalue weighted by Crippen LogP contribution is -2.34. The van der Waals surface area contributed by atoms with Crippen molar-refractivity contribution >= 4 is 20.9 Å². The highest BCUT2D eigenvalue weighted by molar-refractivity contribution is 7.89. The van der Waals surface area contributed by atoms with E-state index in [2.05, 4.69) is 4.98 Å². The van der Waals surface area contributed by atoms with E-state index in [1.54, 1.807) is 37.5 Å². The van der Waals surface area contributed by atoms with Crippen LogP contribution in [0.5, 0.6) is 0 Å². The Hall–Kier alpha value is -1.50. The first kappa shape index (κ1) is 16.4. The quantitative estimate of drug-likeness (QED) is 0.931. The number of hydrogen-bond donors (Lipinski definition) is 1. The molecule has 0 bridgehead atoms. The Kier molecular flexibility index (Phi) is 4.40. The van der Waals surface area contributed by atoms with E-state index in [-0.39, 0.29) is 10.8 Å². The Labute approximate surface area is 137 Å². The van der Waals surface area contributed by atoms with Gasteiger partial charge in [0.2, 0.25) is 10.0 Å². The van der Waals surface area contributed by atoms with Crippen LogP contribution in [0.3, 0.4) is 0 Å². The Morgan fingerprint density at radius 2 is 2.09 bits per heavy atom. The third kappa shape index (κ3) is 2.98. The fraction of sp³-hybridized carbons (Fsp3) is 0.471. The molecule has 0 aliphatic heterocycles. The molecule has 5 nitrogen and oxygen atoms in total. The average molecular weight is 334 g/mol. The van der Waals surface area contributed by atoms with E-state index in [1.807, 2.05) is 6.92 Å². The standard InChI is InChI=1S/C17H22N2O3S/c1-12-8-9-16(14-6-4-10-18-17(12)14)23(21,22)19(2)11-13-5-3-7-15(13)20/h4,6,8-10,13,15,20H,3,5,7,11H2,1-2H3. The second kappa shape index (κ2) is 6.19. The van der Waals surface area contributed by atoms with Crippen LogP contribution in [0, 0.1) is 12.8 Å². The summed E-state index contributed by atoms with van der Waals surface area (Å²) in [5.41, 5.74) is 1.66. The molecular weight excluding hydrogens is 312 g/mol. The van der Waals surface area contributed by atoms with E-state index in [4.69, 9.17) is 0 Å². The van der Waals surface area contributed by atoms with E-state index >= 15 is 0 Å². The Morgan fingerprint density at radius 1 is 1.30 bits per heavy atom. The van der Waals surface area contributed by atoms with Crippen molar-refractivity contribution in [3.8, 4) is 0 Å². The number of fused-ring (bicyclic) bond motifs is 1. The van der Waals surface area contributed by atoms with Crippen molar-refractivity contribution in [2.75, 3.05) is 13.6 Å². The number of aliphatic hydroxyl groups is 1. The molecule has 124 valence electrons. The van der Waals surface area contributed by atoms with Gasteiger partial charge in [0, 0.05) is 25.2 Å². The summed E-state index contributed by atoms with van der Waals surface area (Å²) in [7, 11) is -2.03. The molecule has 23 heavy (non-hydrogen) atoms. The molecule has 6 heteroatoms. The maximum absolute atomic E-state index is 13.0. The normalized spacial score (nSPS) is 22.1. The van der Waals surface area contributed by atoms with Crippen molar-refractivity contribution in [2.24, 2.45) is 5.92 Å². The van der Waals surface area contributed by atoms with Crippen LogP contribution >= 0.6 is 0 Å². The SMILES string of the molecule is Cc1ccc(S(=O)(=O)N(C)CC2CCCC2O)c2cccnc12. The Morgan fingerprint density at radius 3 is 2.78 bits per heavy atom. The minimum Gasteiger partial charge on any atom is -0.393 e. The van der Waals surface area contributed by atoms with Gasteiger partial charge in [0.25, 0.3) is 0 Å². The number of aromatic nitrogens is 1. The molecular formula is C17H22N2O3S. The number of sulfonamides is 1. The molecule has 0 amide bonds. The number of aryl methyl sites for hydroxylation is 1. The number of aliphatic hydroxyl groups excluding tert-OH is 1. The molecule has 2 atom stereocenters. The molecule has 1 N–H and O–H groups in total. The van der Waals surface area contributed by atoms with Crippen molar-refractivity contribution in [2.45, 2.75) is 37.2 Å². The van der Waals surface area contributed by atoms with Crippen molar-refractivity contribution in [3.63, 3.8) is 0 Å². The zero-order valence-corrected chi connectivity index (χ0v) is 14.3. The summed E-state index contributed by atoms with van der Waals surface area (Å²) in [6, 6.07) is 6.98. The van der Waals surface area contributed by atoms with Crippen molar-refractivity contribution in [1.29, 1.82) is 0 Å². The fourth-order valence-corrected chi connectivity index (χ4v) is 4.75. The van der Waals surface area contributed by atoms with E-state index in [1.165, 1.54) is 4.31 Å². The van der Waals surface area contributed by atoms with Gasteiger partial charge >= 0.3 is 0 Å². The Balaban J connectivity index is 1.98. The monoisotopic (exact) mass is 334 g/mol. The zero-order chi connectivity index (χ0) is 16.6. The molecule has 1 aliphatic carbocycles. The van der Waals surface area contributed by atoms with Gasteiger partial charge in [-0.25, -0.2) is 12.7 Å². The maximum Gasteiger partial charge on any atom is 0.243 e. The first-order chi connectivity index (χ1) is 10.9. The number of benzene rings is 1. The molecule has 2 unspecified atom stereocenters. The van der Waals surface area contributed by atoms with Crippen molar-refractivity contribution < 1.29 is 13.5 Å². The lowest BCUT2D eigenvalue weighted by atomic mass is 10.1. The maximum atomic E-state index is 13.0. The lowest BCUT2D eigenvalue weighted by molar-refractivity contribution is 0.123. The van der Waals surface area contributed by atoms with Crippen LogP contribution in [0.15, 0.2) is 35.4 Å². The van der Waals surface area contributed by atoms with Gasteiger partial charge in [0.15, 0.2) is 0 Å². The van der Waals surface area contributed by atoms with Gasteiger partial charge in [-0.3, -0.25) is 4.98 Å². The van der Waals surface area contributed by atoms with Crippen LogP contribution in [-0.2, 0) is 10.0 Å². The highest BCUT2D eigenvalue weighted by atomic mass is 32.2. The molecule has 1 saturated carbocycles. The number of rotatable bonds is 4. The molecule has 1 heterocycles. The predicted molar refractivity (Wildman–Crippen MR) is 89.6 cm³/mol. The van der Waals surface area contributed by atoms with Gasteiger partial charge in [-0.1, -0.05) is 12.5 Å². The smallest absolute Gasteiger partial charge is 0.243 e. The number of hydrogen-bond acceptors (Lipinski definition) is 4. The minimum absolute atomic E-state index is 0.0182. The zero-order valence-electron chi connectivity index (χ0n) is 13.4. The van der Waals surface area contributed by atoms with Crippen LogP contribution in [0.25, 0.3) is 10.9 Å². The topological polar surface area (TPSA) is 70.5 Å². The highest BCUT2D eigenvalue weighted by Gasteiger charge is 2.31. The summed E-state index contributed by atoms with van der Waals surface area (Å²) in [6.07, 6.45) is 3.86. The largest absolute Gasteiger partial charge is 0.393 e. The molecule has 0 spiro atoms. The predicted octanol–water partition coefficient (Wildman–Crippen LogP) is 2.32. The molecule has 1 aromatic carbocycles. The van der Waals surface area contributed by atoms with E-state index in [9.17, 15) is 13.5 Å². The third-order valence-electron chi connectivity index (χ3n) is 4.73. The van der Waals surface area contributed by atoms with E-state index in [0.717, 1.165) is 24.8 Å². The van der Waals surface area contributed by atoms with Gasteiger partial charge in [-0.05, 0) is 49.4 Å². The summed E-state index contributed by atoms with van der Waals surface area (Å²) >= 11 is 0. The highest BCUT2D eigenvalue weighted by Crippen LogP contribution is 2.30. The van der Waals surface area contributed by atoms with Crippen molar-refractivity contribution in [3.05, 3.63) is 36.0 Å². The minimum atomic E-state index is -3.61. The summed E-state index contributed by atoms with van der Waals surface area (Å²) < 4.78 is 27.3. The second-order valence-electron chi connectivity index (χ2n) is 6.32. The van der Waals surface area contributed by atoms with Crippen LogP contribution in [-0.4, -0.2) is 42.5 Å². The molecule has 0 saturated heterocycles. The van der Waals surface area contributed by atoms with Gasteiger partial charge in [0.05, 0.1) is 16.5 Å². The third-order valence-corrected chi connectivity index (χ3v) is 6.61. The summed E-state index contributed by atoms with van der Waals surface area (Å²) in [6.45, 7) is 2.27. The summed E-state index contributed by atoms with van der Waals surface area (Å²) in [5.74, 6) is 0.0182. The van der Waals surface area contributed by atoms with Crippen LogP contribution < -0.4 is 0 Å². The van der Waals surface area contributed by atoms with Crippen LogP contribution in [0.1, 0.15) is 24.8 Å². The summed E-state index contributed by atoms with van der Waals surface area (Å²) in [5, 5.41) is 10.6. The Bertz CT molecular complexity index is 820.